The SMILES string of the molecule is CN1C(=O)[C@H]2[C@H](CC(CO[Si](c3ccccc3)(c3ccccc3)C(C)(C)C)=C3B(O)O[C@H](c4ccc(O)cc4Cl)C[C@H]32)C1=O. The topological polar surface area (TPSA) is 96.3 Å². The van der Waals surface area contributed by atoms with Gasteiger partial charge in [0, 0.05) is 12.1 Å². The van der Waals surface area contributed by atoms with Gasteiger partial charge in [-0.3, -0.25) is 14.5 Å². The number of amides is 2. The third-order valence-corrected chi connectivity index (χ3v) is 15.0. The Morgan fingerprint density at radius 2 is 1.59 bits per heavy atom. The molecule has 0 radical (unpaired) electrons. The van der Waals surface area contributed by atoms with E-state index in [9.17, 15) is 19.7 Å². The number of carbonyl (C=O) groups excluding carboxylic acids is 2. The highest BCUT2D eigenvalue weighted by Gasteiger charge is 2.58. The third kappa shape index (κ3) is 5.05. The van der Waals surface area contributed by atoms with Crippen molar-refractivity contribution in [2.75, 3.05) is 13.7 Å². The van der Waals surface area contributed by atoms with Gasteiger partial charge in [0.05, 0.1) is 24.5 Å². The lowest BCUT2D eigenvalue weighted by Crippen LogP contribution is -2.66. The van der Waals surface area contributed by atoms with E-state index < -0.39 is 39.3 Å². The van der Waals surface area contributed by atoms with Crippen molar-refractivity contribution in [2.24, 2.45) is 17.8 Å². The first-order chi connectivity index (χ1) is 20.9. The number of imide groups is 1. The van der Waals surface area contributed by atoms with E-state index in [1.54, 1.807) is 6.07 Å². The van der Waals surface area contributed by atoms with Crippen LogP contribution >= 0.6 is 11.6 Å². The van der Waals surface area contributed by atoms with Gasteiger partial charge < -0.3 is 19.2 Å². The lowest BCUT2D eigenvalue weighted by atomic mass is 9.55. The van der Waals surface area contributed by atoms with Crippen molar-refractivity contribution in [3.63, 3.8) is 0 Å². The summed E-state index contributed by atoms with van der Waals surface area (Å²) in [5, 5.41) is 23.8. The van der Waals surface area contributed by atoms with E-state index >= 15 is 0 Å². The summed E-state index contributed by atoms with van der Waals surface area (Å²) in [6.45, 7) is 6.80. The molecule has 3 aliphatic rings. The smallest absolute Gasteiger partial charge is 0.487 e. The van der Waals surface area contributed by atoms with Crippen LogP contribution in [0.2, 0.25) is 10.1 Å². The van der Waals surface area contributed by atoms with Crippen molar-refractivity contribution < 1.29 is 28.8 Å². The molecule has 3 aromatic carbocycles. The number of halogens is 1. The van der Waals surface area contributed by atoms with Crippen molar-refractivity contribution in [1.82, 2.24) is 4.90 Å². The summed E-state index contributed by atoms with van der Waals surface area (Å²) in [7, 11) is -2.70. The zero-order valence-electron chi connectivity index (χ0n) is 25.4. The Morgan fingerprint density at radius 3 is 2.16 bits per heavy atom. The van der Waals surface area contributed by atoms with Crippen LogP contribution in [0.3, 0.4) is 0 Å². The van der Waals surface area contributed by atoms with Crippen LogP contribution in [0.1, 0.15) is 45.3 Å². The second-order valence-corrected chi connectivity index (χ2v) is 17.8. The zero-order chi connectivity index (χ0) is 31.4. The zero-order valence-corrected chi connectivity index (χ0v) is 27.1. The Labute approximate surface area is 264 Å². The molecule has 1 aliphatic carbocycles. The molecule has 0 spiro atoms. The van der Waals surface area contributed by atoms with Crippen LogP contribution in [0.4, 0.5) is 0 Å². The number of phenols is 1. The van der Waals surface area contributed by atoms with Crippen LogP contribution in [0.25, 0.3) is 0 Å². The first-order valence-corrected chi connectivity index (χ1v) is 17.3. The molecule has 44 heavy (non-hydrogen) atoms. The largest absolute Gasteiger partial charge is 0.508 e. The summed E-state index contributed by atoms with van der Waals surface area (Å²) in [5.74, 6) is -2.00. The van der Waals surface area contributed by atoms with Gasteiger partial charge in [0.2, 0.25) is 11.8 Å². The number of carbonyl (C=O) groups is 2. The Kier molecular flexibility index (Phi) is 8.13. The highest BCUT2D eigenvalue weighted by atomic mass is 35.5. The van der Waals surface area contributed by atoms with E-state index in [0.29, 0.717) is 28.9 Å². The van der Waals surface area contributed by atoms with Gasteiger partial charge in [0.25, 0.3) is 8.32 Å². The highest BCUT2D eigenvalue weighted by Crippen LogP contribution is 2.52. The number of phenolic OH excluding ortho intramolecular Hbond substituents is 1. The molecule has 2 heterocycles. The molecule has 2 saturated heterocycles. The molecule has 2 N–H and O–H groups in total. The molecule has 3 aromatic rings. The van der Waals surface area contributed by atoms with Crippen LogP contribution in [0.5, 0.6) is 5.75 Å². The molecular formula is C34H37BClNO6Si. The summed E-state index contributed by atoms with van der Waals surface area (Å²) < 4.78 is 13.4. The monoisotopic (exact) mass is 629 g/mol. The number of fused-ring (bicyclic) bond motifs is 3. The highest BCUT2D eigenvalue weighted by molar-refractivity contribution is 6.99. The van der Waals surface area contributed by atoms with Crippen molar-refractivity contribution in [2.45, 2.75) is 44.8 Å². The van der Waals surface area contributed by atoms with E-state index in [4.69, 9.17) is 20.7 Å². The Bertz CT molecular complexity index is 1570. The van der Waals surface area contributed by atoms with Gasteiger partial charge in [-0.1, -0.05) is 99.1 Å². The molecule has 7 nitrogen and oxygen atoms in total. The summed E-state index contributed by atoms with van der Waals surface area (Å²) in [5.41, 5.74) is 2.05. The van der Waals surface area contributed by atoms with Gasteiger partial charge in [-0.15, -0.1) is 0 Å². The minimum atomic E-state index is -2.93. The van der Waals surface area contributed by atoms with E-state index in [1.807, 2.05) is 36.4 Å². The molecule has 2 fully saturated rings. The maximum Gasteiger partial charge on any atom is 0.487 e. The normalized spacial score (nSPS) is 24.0. The summed E-state index contributed by atoms with van der Waals surface area (Å²) in [6.07, 6.45) is 0.0423. The first kappa shape index (κ1) is 30.8. The van der Waals surface area contributed by atoms with Crippen LogP contribution in [0, 0.1) is 17.8 Å². The lowest BCUT2D eigenvalue weighted by molar-refractivity contribution is -0.138. The number of allylic oxidation sites excluding steroid dienone is 1. The first-order valence-electron chi connectivity index (χ1n) is 15.0. The predicted molar refractivity (Wildman–Crippen MR) is 173 cm³/mol. The fourth-order valence-electron chi connectivity index (χ4n) is 7.64. The Balaban J connectivity index is 1.44. The molecule has 10 heteroatoms. The number of rotatable bonds is 6. The van der Waals surface area contributed by atoms with Gasteiger partial charge in [-0.25, -0.2) is 0 Å². The second-order valence-electron chi connectivity index (χ2n) is 13.1. The predicted octanol–water partition coefficient (Wildman–Crippen LogP) is 4.65. The molecule has 0 bridgehead atoms. The maximum absolute atomic E-state index is 13.5. The third-order valence-electron chi connectivity index (χ3n) is 9.64. The van der Waals surface area contributed by atoms with Gasteiger partial charge >= 0.3 is 7.12 Å². The molecule has 4 atom stereocenters. The van der Waals surface area contributed by atoms with E-state index in [-0.39, 0.29) is 29.2 Å². The van der Waals surface area contributed by atoms with Gasteiger partial charge in [-0.05, 0) is 62.9 Å². The fraction of sp³-hybridized carbons (Fsp3) is 0.353. The van der Waals surface area contributed by atoms with Gasteiger partial charge in [0.1, 0.15) is 5.75 Å². The van der Waals surface area contributed by atoms with Gasteiger partial charge in [-0.2, -0.15) is 0 Å². The number of benzene rings is 3. The van der Waals surface area contributed by atoms with Crippen molar-refractivity contribution in [3.05, 3.63) is 100 Å². The lowest BCUT2D eigenvalue weighted by Gasteiger charge is -2.45. The molecule has 6 rings (SSSR count). The van der Waals surface area contributed by atoms with Crippen LogP contribution in [0.15, 0.2) is 89.9 Å². The van der Waals surface area contributed by atoms with Crippen molar-refractivity contribution in [1.29, 1.82) is 0 Å². The Morgan fingerprint density at radius 1 is 0.977 bits per heavy atom. The standard InChI is InChI=1S/C34H37BClNO6Si/c1-34(2,3)44(23-11-7-5-8-12-23,24-13-9-6-10-14-24)42-20-21-17-27-30(33(40)37(4)32(27)39)26-19-29(43-35(41)31(21)26)25-16-15-22(38)18-28(25)36/h5-16,18,26-27,29-30,38,41H,17,19-20H2,1-4H3/t26-,27-,29-,30+/m0/s1. The second kappa shape index (κ2) is 11.6. The number of aromatic hydroxyl groups is 1. The molecule has 0 unspecified atom stereocenters. The molecule has 228 valence electrons. The maximum atomic E-state index is 13.5. The number of likely N-dealkylation sites (tertiary alicyclic amines) is 1. The van der Waals surface area contributed by atoms with Crippen LogP contribution in [-0.2, 0) is 18.7 Å². The minimum Gasteiger partial charge on any atom is -0.508 e. The van der Waals surface area contributed by atoms with Crippen molar-refractivity contribution >= 4 is 49.2 Å². The van der Waals surface area contributed by atoms with E-state index in [0.717, 1.165) is 15.9 Å². The minimum absolute atomic E-state index is 0.0226. The number of hydrogen-bond donors (Lipinski definition) is 2. The van der Waals surface area contributed by atoms with Crippen molar-refractivity contribution in [3.8, 4) is 5.75 Å². The molecule has 0 aromatic heterocycles. The number of nitrogens with zero attached hydrogens (tertiary/aromatic N) is 1. The Hall–Kier alpha value is -3.21. The molecule has 0 saturated carbocycles. The fourth-order valence-corrected chi connectivity index (χ4v) is 12.5. The quantitative estimate of drug-likeness (QED) is 0.305. The van der Waals surface area contributed by atoms with Crippen LogP contribution in [-0.4, -0.2) is 55.9 Å². The summed E-state index contributed by atoms with van der Waals surface area (Å²) >= 11 is 6.48. The molecule has 2 amide bonds. The summed E-state index contributed by atoms with van der Waals surface area (Å²) in [4.78, 5) is 28.1. The van der Waals surface area contributed by atoms with Gasteiger partial charge in [0.15, 0.2) is 0 Å². The van der Waals surface area contributed by atoms with E-state index in [2.05, 4.69) is 45.0 Å². The average molecular weight is 630 g/mol. The average Bonchev–Trinajstić information content (AvgIpc) is 3.21. The molecule has 2 aliphatic heterocycles. The van der Waals surface area contributed by atoms with E-state index in [1.165, 1.54) is 24.1 Å². The number of hydrogen-bond acceptors (Lipinski definition) is 6. The summed E-state index contributed by atoms with van der Waals surface area (Å²) in [6, 6.07) is 25.3. The molecular weight excluding hydrogens is 593 g/mol. The van der Waals surface area contributed by atoms with Crippen LogP contribution < -0.4 is 10.4 Å².